The van der Waals surface area contributed by atoms with Crippen LogP contribution in [-0.2, 0) is 9.59 Å². The number of fused-ring (bicyclic) bond motifs is 5. The molecule has 0 aromatic carbocycles. The molecule has 2 fully saturated rings. The van der Waals surface area contributed by atoms with Gasteiger partial charge in [0.25, 0.3) is 0 Å². The predicted molar refractivity (Wildman–Crippen MR) is 46.9 cm³/mol. The van der Waals surface area contributed by atoms with Gasteiger partial charge in [0.05, 0.1) is 0 Å². The fraction of sp³-hybridized carbons (Fsp3) is 0.636. The Hall–Kier alpha value is -0.920. The van der Waals surface area contributed by atoms with Gasteiger partial charge in [-0.3, -0.25) is 9.59 Å². The molecule has 68 valence electrons. The average molecular weight is 176 g/mol. The van der Waals surface area contributed by atoms with Gasteiger partial charge >= 0.3 is 0 Å². The zero-order valence-electron chi connectivity index (χ0n) is 7.57. The second-order valence-corrected chi connectivity index (χ2v) is 4.59. The monoisotopic (exact) mass is 176 g/mol. The summed E-state index contributed by atoms with van der Waals surface area (Å²) >= 11 is 0. The molecule has 3 rings (SSSR count). The van der Waals surface area contributed by atoms with Crippen LogP contribution in [0.25, 0.3) is 0 Å². The zero-order valence-corrected chi connectivity index (χ0v) is 7.57. The number of allylic oxidation sites excluding steroid dienone is 2. The maximum Gasteiger partial charge on any atom is 0.147 e. The summed E-state index contributed by atoms with van der Waals surface area (Å²) in [6.07, 6.45) is 4.66. The van der Waals surface area contributed by atoms with Gasteiger partial charge in [-0.25, -0.2) is 0 Å². The molecule has 5 atom stereocenters. The molecule has 0 saturated heterocycles. The standard InChI is InChI=1S/C11H12O2/c1-5-4-8(12)10-7-3-2-6(9(5)10)11(7)13/h2-3,5-7,9-10H,4H2,1H3. The van der Waals surface area contributed by atoms with Crippen molar-refractivity contribution >= 4 is 11.6 Å². The van der Waals surface area contributed by atoms with Crippen molar-refractivity contribution in [1.29, 1.82) is 0 Å². The number of rotatable bonds is 0. The van der Waals surface area contributed by atoms with Crippen molar-refractivity contribution in [3.05, 3.63) is 12.2 Å². The van der Waals surface area contributed by atoms with Crippen molar-refractivity contribution in [1.82, 2.24) is 0 Å². The molecule has 2 bridgehead atoms. The summed E-state index contributed by atoms with van der Waals surface area (Å²) in [5.41, 5.74) is 0. The minimum atomic E-state index is -0.0487. The maximum atomic E-state index is 11.7. The molecule has 0 aromatic rings. The summed E-state index contributed by atoms with van der Waals surface area (Å²) in [6.45, 7) is 2.10. The molecule has 2 saturated carbocycles. The molecule has 0 spiro atoms. The number of ketones is 2. The van der Waals surface area contributed by atoms with E-state index in [9.17, 15) is 9.59 Å². The van der Waals surface area contributed by atoms with Gasteiger partial charge in [-0.05, 0) is 11.8 Å². The molecule has 2 heteroatoms. The van der Waals surface area contributed by atoms with Crippen LogP contribution in [0.5, 0.6) is 0 Å². The first kappa shape index (κ1) is 7.48. The molecule has 13 heavy (non-hydrogen) atoms. The third-order valence-corrected chi connectivity index (χ3v) is 3.95. The minimum Gasteiger partial charge on any atom is -0.299 e. The highest BCUT2D eigenvalue weighted by molar-refractivity contribution is 6.00. The molecule has 3 aliphatic rings. The van der Waals surface area contributed by atoms with Gasteiger partial charge in [0.15, 0.2) is 0 Å². The Bertz CT molecular complexity index is 329. The van der Waals surface area contributed by atoms with Gasteiger partial charge in [0.1, 0.15) is 11.6 Å². The number of hydrogen-bond donors (Lipinski definition) is 0. The quantitative estimate of drug-likeness (QED) is 0.520. The van der Waals surface area contributed by atoms with E-state index < -0.39 is 0 Å². The number of hydrogen-bond acceptors (Lipinski definition) is 2. The van der Waals surface area contributed by atoms with Crippen LogP contribution in [0.3, 0.4) is 0 Å². The smallest absolute Gasteiger partial charge is 0.147 e. The lowest BCUT2D eigenvalue weighted by Crippen LogP contribution is -2.20. The van der Waals surface area contributed by atoms with E-state index in [-0.39, 0.29) is 17.8 Å². The molecule has 3 aliphatic carbocycles. The summed E-state index contributed by atoms with van der Waals surface area (Å²) in [6, 6.07) is 0. The third kappa shape index (κ3) is 0.702. The first-order chi connectivity index (χ1) is 6.20. The van der Waals surface area contributed by atoms with Crippen LogP contribution in [0.2, 0.25) is 0 Å². The number of carbonyl (C=O) groups is 2. The molecule has 0 radical (unpaired) electrons. The molecule has 5 unspecified atom stereocenters. The van der Waals surface area contributed by atoms with Gasteiger partial charge in [-0.1, -0.05) is 19.1 Å². The summed E-state index contributed by atoms with van der Waals surface area (Å²) in [4.78, 5) is 23.3. The second kappa shape index (κ2) is 2.11. The zero-order chi connectivity index (χ0) is 9.16. The van der Waals surface area contributed by atoms with E-state index in [1.807, 2.05) is 12.2 Å². The molecule has 0 aliphatic heterocycles. The first-order valence-corrected chi connectivity index (χ1v) is 4.95. The SMILES string of the molecule is CC1CC(=O)C2C3C=CC(C3=O)C12. The summed E-state index contributed by atoms with van der Waals surface area (Å²) in [5.74, 6) is 1.47. The second-order valence-electron chi connectivity index (χ2n) is 4.59. The number of carbonyl (C=O) groups excluding carboxylic acids is 2. The van der Waals surface area contributed by atoms with Gasteiger partial charge < -0.3 is 0 Å². The van der Waals surface area contributed by atoms with Gasteiger partial charge in [-0.15, -0.1) is 0 Å². The average Bonchev–Trinajstić information content (AvgIpc) is 2.67. The topological polar surface area (TPSA) is 34.1 Å². The Kier molecular flexibility index (Phi) is 1.22. The summed E-state index contributed by atoms with van der Waals surface area (Å²) < 4.78 is 0. The molecular formula is C11H12O2. The van der Waals surface area contributed by atoms with Gasteiger partial charge in [-0.2, -0.15) is 0 Å². The highest BCUT2D eigenvalue weighted by Gasteiger charge is 2.58. The van der Waals surface area contributed by atoms with Crippen molar-refractivity contribution in [2.75, 3.05) is 0 Å². The molecule has 0 N–H and O–H groups in total. The lowest BCUT2D eigenvalue weighted by atomic mass is 9.82. The normalized spacial score (nSPS) is 51.9. The highest BCUT2D eigenvalue weighted by atomic mass is 16.1. The van der Waals surface area contributed by atoms with E-state index in [0.717, 1.165) is 0 Å². The Labute approximate surface area is 77.0 Å². The van der Waals surface area contributed by atoms with Gasteiger partial charge in [0.2, 0.25) is 0 Å². The molecule has 0 amide bonds. The maximum absolute atomic E-state index is 11.7. The molecule has 0 heterocycles. The molecular weight excluding hydrogens is 164 g/mol. The highest BCUT2D eigenvalue weighted by Crippen LogP contribution is 2.54. The van der Waals surface area contributed by atoms with E-state index in [2.05, 4.69) is 6.92 Å². The van der Waals surface area contributed by atoms with Gasteiger partial charge in [0, 0.05) is 24.2 Å². The van der Waals surface area contributed by atoms with Crippen molar-refractivity contribution in [2.24, 2.45) is 29.6 Å². The Morgan fingerprint density at radius 1 is 1.23 bits per heavy atom. The van der Waals surface area contributed by atoms with E-state index in [1.54, 1.807) is 0 Å². The van der Waals surface area contributed by atoms with Crippen molar-refractivity contribution in [3.63, 3.8) is 0 Å². The molecule has 0 aromatic heterocycles. The van der Waals surface area contributed by atoms with Crippen LogP contribution in [0, 0.1) is 29.6 Å². The van der Waals surface area contributed by atoms with Crippen LogP contribution < -0.4 is 0 Å². The lowest BCUT2D eigenvalue weighted by molar-refractivity contribution is -0.126. The van der Waals surface area contributed by atoms with Crippen LogP contribution in [-0.4, -0.2) is 11.6 Å². The first-order valence-electron chi connectivity index (χ1n) is 4.95. The Morgan fingerprint density at radius 3 is 2.62 bits per heavy atom. The van der Waals surface area contributed by atoms with Crippen molar-refractivity contribution < 1.29 is 9.59 Å². The van der Waals surface area contributed by atoms with E-state index >= 15 is 0 Å². The molecule has 2 nitrogen and oxygen atoms in total. The van der Waals surface area contributed by atoms with Crippen LogP contribution in [0.4, 0.5) is 0 Å². The summed E-state index contributed by atoms with van der Waals surface area (Å²) in [5, 5.41) is 0. The largest absolute Gasteiger partial charge is 0.299 e. The van der Waals surface area contributed by atoms with E-state index in [0.29, 0.717) is 29.8 Å². The third-order valence-electron chi connectivity index (χ3n) is 3.95. The van der Waals surface area contributed by atoms with Crippen LogP contribution >= 0.6 is 0 Å². The Morgan fingerprint density at radius 2 is 1.92 bits per heavy atom. The fourth-order valence-electron chi connectivity index (χ4n) is 3.44. The number of Topliss-reactive ketones (excluding diaryl/α,β-unsaturated/α-hetero) is 2. The minimum absolute atomic E-state index is 0.0487. The fourth-order valence-corrected chi connectivity index (χ4v) is 3.44. The van der Waals surface area contributed by atoms with Crippen LogP contribution in [0.15, 0.2) is 12.2 Å². The van der Waals surface area contributed by atoms with E-state index in [1.165, 1.54) is 0 Å². The Balaban J connectivity index is 2.09. The lowest BCUT2D eigenvalue weighted by Gasteiger charge is -2.20. The van der Waals surface area contributed by atoms with Crippen molar-refractivity contribution in [3.8, 4) is 0 Å². The van der Waals surface area contributed by atoms with Crippen LogP contribution in [0.1, 0.15) is 13.3 Å². The van der Waals surface area contributed by atoms with E-state index in [4.69, 9.17) is 0 Å². The summed E-state index contributed by atoms with van der Waals surface area (Å²) in [7, 11) is 0. The predicted octanol–water partition coefficient (Wildman–Crippen LogP) is 1.21. The van der Waals surface area contributed by atoms with Crippen molar-refractivity contribution in [2.45, 2.75) is 13.3 Å².